The molecule has 0 fully saturated rings. The fourth-order valence-electron chi connectivity index (χ4n) is 4.02. The lowest BCUT2D eigenvalue weighted by molar-refractivity contribution is -0.135. The highest BCUT2D eigenvalue weighted by molar-refractivity contribution is 6.42. The number of methoxy groups -OCH3 is 1. The standard InChI is InChI=1S/C26H26Cl3F3N4O4/c1-40-25(39)33-13-20(17-6-4-7-19(28)22(17)29)34-21(37)14-36-24(38)18(5-2-3-12-26(30,31)32)23(35-36)15-8-10-16(27)11-9-15/h4,6-11,20,35H,2-3,5,12-14H2,1H3,(H,33,39)(H,34,37). The number of amides is 2. The smallest absolute Gasteiger partial charge is 0.406 e. The molecule has 0 radical (unpaired) electrons. The van der Waals surface area contributed by atoms with Crippen molar-refractivity contribution < 1.29 is 27.5 Å². The number of alkyl carbamates (subject to hydrolysis) is 1. The third-order valence-corrected chi connectivity index (χ3v) is 7.04. The lowest BCUT2D eigenvalue weighted by Crippen LogP contribution is -2.40. The summed E-state index contributed by atoms with van der Waals surface area (Å²) in [5.41, 5.74) is 1.08. The Morgan fingerprint density at radius 1 is 1.07 bits per heavy atom. The summed E-state index contributed by atoms with van der Waals surface area (Å²) in [5.74, 6) is -0.609. The number of aromatic nitrogens is 2. The number of hydrogen-bond acceptors (Lipinski definition) is 4. The Morgan fingerprint density at radius 2 is 1.77 bits per heavy atom. The normalized spacial score (nSPS) is 12.2. The zero-order valence-electron chi connectivity index (χ0n) is 21.2. The summed E-state index contributed by atoms with van der Waals surface area (Å²) < 4.78 is 43.5. The number of carbonyl (C=O) groups is 2. The molecule has 1 heterocycles. The number of halogens is 6. The highest BCUT2D eigenvalue weighted by Gasteiger charge is 2.26. The second kappa shape index (κ2) is 14.0. The van der Waals surface area contributed by atoms with Gasteiger partial charge in [0.1, 0.15) is 6.54 Å². The van der Waals surface area contributed by atoms with Crippen molar-refractivity contribution >= 4 is 46.8 Å². The molecule has 8 nitrogen and oxygen atoms in total. The summed E-state index contributed by atoms with van der Waals surface area (Å²) in [5, 5.41) is 8.99. The van der Waals surface area contributed by atoms with Crippen molar-refractivity contribution in [3.63, 3.8) is 0 Å². The number of alkyl halides is 3. The Hall–Kier alpha value is -3.15. The first-order chi connectivity index (χ1) is 18.9. The molecule has 3 aromatic rings. The molecule has 0 saturated heterocycles. The topological polar surface area (TPSA) is 105 Å². The molecule has 0 spiro atoms. The van der Waals surface area contributed by atoms with E-state index in [9.17, 15) is 27.6 Å². The first-order valence-corrected chi connectivity index (χ1v) is 13.2. The molecule has 40 heavy (non-hydrogen) atoms. The van der Waals surface area contributed by atoms with Gasteiger partial charge in [0.05, 0.1) is 28.9 Å². The van der Waals surface area contributed by atoms with Crippen LogP contribution < -0.4 is 16.2 Å². The van der Waals surface area contributed by atoms with E-state index in [1.807, 2.05) is 0 Å². The Labute approximate surface area is 242 Å². The highest BCUT2D eigenvalue weighted by atomic mass is 35.5. The summed E-state index contributed by atoms with van der Waals surface area (Å²) >= 11 is 18.4. The number of benzene rings is 2. The summed E-state index contributed by atoms with van der Waals surface area (Å²) in [7, 11) is 1.19. The van der Waals surface area contributed by atoms with Crippen molar-refractivity contribution in [3.05, 3.63) is 79.0 Å². The van der Waals surface area contributed by atoms with Gasteiger partial charge < -0.3 is 15.4 Å². The molecule has 1 atom stereocenters. The average Bonchev–Trinajstić information content (AvgIpc) is 3.20. The number of H-pyrrole nitrogens is 1. The molecule has 2 amide bonds. The van der Waals surface area contributed by atoms with Crippen LogP contribution in [0.3, 0.4) is 0 Å². The SMILES string of the molecule is COC(=O)NCC(NC(=O)Cn1[nH]c(-c2ccc(Cl)cc2)c(CCCCC(F)(F)F)c1=O)c1cccc(Cl)c1Cl. The minimum absolute atomic E-state index is 0.0712. The number of unbranched alkanes of at least 4 members (excludes halogenated alkanes) is 1. The number of nitrogens with one attached hydrogen (secondary N) is 3. The van der Waals surface area contributed by atoms with Gasteiger partial charge in [0.2, 0.25) is 5.91 Å². The number of hydrogen-bond donors (Lipinski definition) is 3. The fraction of sp³-hybridized carbons (Fsp3) is 0.346. The van der Waals surface area contributed by atoms with Gasteiger partial charge in [-0.05, 0) is 48.6 Å². The largest absolute Gasteiger partial charge is 0.453 e. The Bertz CT molecular complexity index is 1390. The Morgan fingerprint density at radius 3 is 2.42 bits per heavy atom. The first kappa shape index (κ1) is 31.4. The van der Waals surface area contributed by atoms with Crippen LogP contribution in [-0.4, -0.2) is 41.6 Å². The number of nitrogens with zero attached hydrogens (tertiary/aromatic N) is 1. The van der Waals surface area contributed by atoms with Crippen molar-refractivity contribution in [3.8, 4) is 11.3 Å². The van der Waals surface area contributed by atoms with Gasteiger partial charge in [-0.25, -0.2) is 9.48 Å². The van der Waals surface area contributed by atoms with Crippen LogP contribution in [0.2, 0.25) is 15.1 Å². The third-order valence-electron chi connectivity index (χ3n) is 5.95. The molecule has 0 aliphatic rings. The maximum Gasteiger partial charge on any atom is 0.406 e. The van der Waals surface area contributed by atoms with Crippen LogP contribution in [0.5, 0.6) is 0 Å². The summed E-state index contributed by atoms with van der Waals surface area (Å²) in [4.78, 5) is 38.0. The molecule has 1 aromatic heterocycles. The molecule has 1 unspecified atom stereocenters. The fourth-order valence-corrected chi connectivity index (χ4v) is 4.58. The molecule has 14 heteroatoms. The minimum Gasteiger partial charge on any atom is -0.453 e. The van der Waals surface area contributed by atoms with E-state index >= 15 is 0 Å². The monoisotopic (exact) mass is 620 g/mol. The molecule has 0 saturated carbocycles. The van der Waals surface area contributed by atoms with Gasteiger partial charge in [-0.15, -0.1) is 0 Å². The minimum atomic E-state index is -4.29. The molecule has 3 rings (SSSR count). The van der Waals surface area contributed by atoms with E-state index in [4.69, 9.17) is 34.8 Å². The van der Waals surface area contributed by atoms with Crippen LogP contribution in [0.25, 0.3) is 11.3 Å². The van der Waals surface area contributed by atoms with Crippen molar-refractivity contribution in [2.45, 2.75) is 44.4 Å². The quantitative estimate of drug-likeness (QED) is 0.219. The van der Waals surface area contributed by atoms with Gasteiger partial charge in [-0.1, -0.05) is 59.1 Å². The zero-order valence-corrected chi connectivity index (χ0v) is 23.5. The second-order valence-electron chi connectivity index (χ2n) is 8.82. The molecular weight excluding hydrogens is 596 g/mol. The summed E-state index contributed by atoms with van der Waals surface area (Å²) in [6.45, 7) is -0.548. The van der Waals surface area contributed by atoms with E-state index in [2.05, 4.69) is 20.5 Å². The van der Waals surface area contributed by atoms with Gasteiger partial charge in [0.25, 0.3) is 5.56 Å². The number of ether oxygens (including phenoxy) is 1. The summed E-state index contributed by atoms with van der Waals surface area (Å²) in [6.07, 6.45) is -5.95. The Balaban J connectivity index is 1.85. The van der Waals surface area contributed by atoms with Crippen LogP contribution in [0, 0.1) is 0 Å². The van der Waals surface area contributed by atoms with Gasteiger partial charge in [0.15, 0.2) is 0 Å². The van der Waals surface area contributed by atoms with E-state index in [0.717, 1.165) is 4.68 Å². The molecule has 216 valence electrons. The first-order valence-electron chi connectivity index (χ1n) is 12.1. The predicted octanol–water partition coefficient (Wildman–Crippen LogP) is 6.29. The van der Waals surface area contributed by atoms with Crippen molar-refractivity contribution in [1.82, 2.24) is 20.4 Å². The van der Waals surface area contributed by atoms with Crippen molar-refractivity contribution in [2.24, 2.45) is 0 Å². The van der Waals surface area contributed by atoms with Gasteiger partial charge in [-0.3, -0.25) is 14.7 Å². The van der Waals surface area contributed by atoms with E-state index in [1.54, 1.807) is 42.5 Å². The molecule has 0 bridgehead atoms. The van der Waals surface area contributed by atoms with E-state index in [-0.39, 0.29) is 41.4 Å². The maximum absolute atomic E-state index is 13.3. The predicted molar refractivity (Wildman–Crippen MR) is 147 cm³/mol. The van der Waals surface area contributed by atoms with Gasteiger partial charge in [-0.2, -0.15) is 13.2 Å². The lowest BCUT2D eigenvalue weighted by atomic mass is 10.0. The van der Waals surface area contributed by atoms with Crippen molar-refractivity contribution in [1.29, 1.82) is 0 Å². The lowest BCUT2D eigenvalue weighted by Gasteiger charge is -2.21. The van der Waals surface area contributed by atoms with Crippen molar-refractivity contribution in [2.75, 3.05) is 13.7 Å². The van der Waals surface area contributed by atoms with Gasteiger partial charge >= 0.3 is 12.3 Å². The molecule has 2 aromatic carbocycles. The average molecular weight is 622 g/mol. The van der Waals surface area contributed by atoms with E-state index < -0.39 is 42.7 Å². The van der Waals surface area contributed by atoms with Crippen LogP contribution in [0.4, 0.5) is 18.0 Å². The number of carbonyl (C=O) groups excluding carboxylic acids is 2. The Kier molecular flexibility index (Phi) is 11.0. The maximum atomic E-state index is 13.3. The van der Waals surface area contributed by atoms with Crippen LogP contribution in [-0.2, 0) is 22.5 Å². The van der Waals surface area contributed by atoms with Crippen LogP contribution in [0.1, 0.15) is 36.4 Å². The van der Waals surface area contributed by atoms with Crippen LogP contribution in [0.15, 0.2) is 47.3 Å². The van der Waals surface area contributed by atoms with E-state index in [0.29, 0.717) is 21.8 Å². The highest BCUT2D eigenvalue weighted by Crippen LogP contribution is 2.30. The summed E-state index contributed by atoms with van der Waals surface area (Å²) in [6, 6.07) is 10.5. The van der Waals surface area contributed by atoms with E-state index in [1.165, 1.54) is 7.11 Å². The number of rotatable bonds is 11. The molecule has 3 N–H and O–H groups in total. The zero-order chi connectivity index (χ0) is 29.4. The third kappa shape index (κ3) is 8.67. The molecular formula is C26H26Cl3F3N4O4. The van der Waals surface area contributed by atoms with Crippen LogP contribution >= 0.6 is 34.8 Å². The number of aromatic amines is 1. The van der Waals surface area contributed by atoms with Gasteiger partial charge in [0, 0.05) is 23.6 Å². The molecule has 0 aliphatic heterocycles. The molecule has 0 aliphatic carbocycles. The second-order valence-corrected chi connectivity index (χ2v) is 10.0.